The largest absolute Gasteiger partial charge is 0.493 e. The Bertz CT molecular complexity index is 452. The SMILES string of the molecule is CN=C(NCCCOC)NCc1cccc(OCCCOC)c1. The van der Waals surface area contributed by atoms with Crippen molar-refractivity contribution in [3.8, 4) is 5.75 Å². The van der Waals surface area contributed by atoms with Gasteiger partial charge in [0.2, 0.25) is 0 Å². The summed E-state index contributed by atoms with van der Waals surface area (Å²) in [6, 6.07) is 8.07. The Kier molecular flexibility index (Phi) is 10.7. The zero-order valence-corrected chi connectivity index (χ0v) is 14.4. The molecule has 1 aromatic rings. The van der Waals surface area contributed by atoms with Crippen LogP contribution in [0.3, 0.4) is 0 Å². The molecular formula is C17H29N3O3. The molecule has 1 rings (SSSR count). The van der Waals surface area contributed by atoms with Crippen LogP contribution < -0.4 is 15.4 Å². The summed E-state index contributed by atoms with van der Waals surface area (Å²) in [5, 5.41) is 6.54. The molecule has 0 saturated carbocycles. The van der Waals surface area contributed by atoms with Crippen molar-refractivity contribution >= 4 is 5.96 Å². The summed E-state index contributed by atoms with van der Waals surface area (Å²) in [5.74, 6) is 1.66. The van der Waals surface area contributed by atoms with Gasteiger partial charge in [-0.25, -0.2) is 0 Å². The molecule has 130 valence electrons. The van der Waals surface area contributed by atoms with Gasteiger partial charge in [-0.15, -0.1) is 0 Å². The maximum absolute atomic E-state index is 5.71. The van der Waals surface area contributed by atoms with Crippen LogP contribution in [0.15, 0.2) is 29.3 Å². The van der Waals surface area contributed by atoms with Crippen molar-refractivity contribution < 1.29 is 14.2 Å². The Morgan fingerprint density at radius 3 is 2.57 bits per heavy atom. The third-order valence-electron chi connectivity index (χ3n) is 3.16. The molecule has 0 unspecified atom stereocenters. The number of guanidine groups is 1. The van der Waals surface area contributed by atoms with Crippen LogP contribution in [0.1, 0.15) is 18.4 Å². The first kappa shape index (κ1) is 19.3. The van der Waals surface area contributed by atoms with Crippen molar-refractivity contribution in [2.45, 2.75) is 19.4 Å². The minimum atomic E-state index is 0.660. The van der Waals surface area contributed by atoms with Crippen molar-refractivity contribution in [1.29, 1.82) is 0 Å². The molecule has 23 heavy (non-hydrogen) atoms. The Morgan fingerprint density at radius 1 is 1.04 bits per heavy atom. The van der Waals surface area contributed by atoms with E-state index in [1.165, 1.54) is 0 Å². The third kappa shape index (κ3) is 9.05. The molecule has 0 heterocycles. The first-order valence-corrected chi connectivity index (χ1v) is 7.94. The van der Waals surface area contributed by atoms with Crippen LogP contribution >= 0.6 is 0 Å². The van der Waals surface area contributed by atoms with E-state index in [0.717, 1.165) is 43.3 Å². The van der Waals surface area contributed by atoms with E-state index in [2.05, 4.69) is 21.7 Å². The maximum atomic E-state index is 5.71. The van der Waals surface area contributed by atoms with Crippen LogP contribution in [0, 0.1) is 0 Å². The average molecular weight is 323 g/mol. The molecule has 2 N–H and O–H groups in total. The van der Waals surface area contributed by atoms with Gasteiger partial charge in [-0.2, -0.15) is 0 Å². The molecule has 0 bridgehead atoms. The molecule has 0 radical (unpaired) electrons. The van der Waals surface area contributed by atoms with Crippen molar-refractivity contribution in [2.24, 2.45) is 4.99 Å². The standard InChI is InChI=1S/C17H29N3O3/c1-18-17(19-9-5-10-21-2)20-14-15-7-4-8-16(13-15)23-12-6-11-22-3/h4,7-8,13H,5-6,9-12,14H2,1-3H3,(H2,18,19,20). The Labute approximate surface area is 139 Å². The average Bonchev–Trinajstić information content (AvgIpc) is 2.58. The fourth-order valence-corrected chi connectivity index (χ4v) is 1.97. The summed E-state index contributed by atoms with van der Waals surface area (Å²) in [5.41, 5.74) is 1.15. The van der Waals surface area contributed by atoms with Gasteiger partial charge in [0.05, 0.1) is 6.61 Å². The number of hydrogen-bond donors (Lipinski definition) is 2. The monoisotopic (exact) mass is 323 g/mol. The second-order valence-electron chi connectivity index (χ2n) is 5.04. The number of methoxy groups -OCH3 is 2. The number of rotatable bonds is 11. The molecular weight excluding hydrogens is 294 g/mol. The van der Waals surface area contributed by atoms with E-state index < -0.39 is 0 Å². The lowest BCUT2D eigenvalue weighted by Crippen LogP contribution is -2.37. The quantitative estimate of drug-likeness (QED) is 0.369. The molecule has 0 amide bonds. The van der Waals surface area contributed by atoms with Gasteiger partial charge in [0, 0.05) is 54.0 Å². The van der Waals surface area contributed by atoms with E-state index in [9.17, 15) is 0 Å². The smallest absolute Gasteiger partial charge is 0.191 e. The summed E-state index contributed by atoms with van der Waals surface area (Å²) >= 11 is 0. The highest BCUT2D eigenvalue weighted by Crippen LogP contribution is 2.13. The normalized spacial score (nSPS) is 11.3. The topological polar surface area (TPSA) is 64.1 Å². The highest BCUT2D eigenvalue weighted by atomic mass is 16.5. The molecule has 6 nitrogen and oxygen atoms in total. The van der Waals surface area contributed by atoms with E-state index in [1.54, 1.807) is 21.3 Å². The summed E-state index contributed by atoms with van der Waals surface area (Å²) < 4.78 is 15.7. The Balaban J connectivity index is 2.35. The first-order valence-electron chi connectivity index (χ1n) is 7.94. The first-order chi connectivity index (χ1) is 11.3. The number of nitrogens with one attached hydrogen (secondary N) is 2. The Hall–Kier alpha value is -1.79. The van der Waals surface area contributed by atoms with E-state index in [4.69, 9.17) is 14.2 Å². The second-order valence-corrected chi connectivity index (χ2v) is 5.04. The zero-order valence-electron chi connectivity index (χ0n) is 14.4. The minimum absolute atomic E-state index is 0.660. The molecule has 0 atom stereocenters. The van der Waals surface area contributed by atoms with E-state index in [1.807, 2.05) is 18.2 Å². The van der Waals surface area contributed by atoms with Crippen LogP contribution in [0.4, 0.5) is 0 Å². The number of nitrogens with zero attached hydrogens (tertiary/aromatic N) is 1. The summed E-state index contributed by atoms with van der Waals surface area (Å²) in [7, 11) is 5.17. The molecule has 0 aromatic heterocycles. The van der Waals surface area contributed by atoms with Gasteiger partial charge in [-0.3, -0.25) is 4.99 Å². The molecule has 0 fully saturated rings. The predicted molar refractivity (Wildman–Crippen MR) is 93.1 cm³/mol. The fraction of sp³-hybridized carbons (Fsp3) is 0.588. The van der Waals surface area contributed by atoms with Gasteiger partial charge in [0.1, 0.15) is 5.75 Å². The highest BCUT2D eigenvalue weighted by molar-refractivity contribution is 5.79. The summed E-state index contributed by atoms with van der Waals surface area (Å²) in [4.78, 5) is 4.20. The van der Waals surface area contributed by atoms with Crippen molar-refractivity contribution in [1.82, 2.24) is 10.6 Å². The second kappa shape index (κ2) is 12.7. The minimum Gasteiger partial charge on any atom is -0.493 e. The third-order valence-corrected chi connectivity index (χ3v) is 3.16. The van der Waals surface area contributed by atoms with E-state index >= 15 is 0 Å². The van der Waals surface area contributed by atoms with E-state index in [0.29, 0.717) is 19.8 Å². The van der Waals surface area contributed by atoms with Gasteiger partial charge in [0.25, 0.3) is 0 Å². The van der Waals surface area contributed by atoms with Crippen LogP contribution in [0.25, 0.3) is 0 Å². The number of ether oxygens (including phenoxy) is 3. The lowest BCUT2D eigenvalue weighted by atomic mass is 10.2. The summed E-state index contributed by atoms with van der Waals surface area (Å²) in [6.45, 7) is 3.64. The molecule has 0 spiro atoms. The lowest BCUT2D eigenvalue weighted by molar-refractivity contribution is 0.172. The highest BCUT2D eigenvalue weighted by Gasteiger charge is 2.00. The van der Waals surface area contributed by atoms with Crippen LogP contribution in [-0.2, 0) is 16.0 Å². The predicted octanol–water partition coefficient (Wildman–Crippen LogP) is 1.80. The molecule has 1 aromatic carbocycles. The van der Waals surface area contributed by atoms with Crippen LogP contribution in [0.2, 0.25) is 0 Å². The van der Waals surface area contributed by atoms with Gasteiger partial charge < -0.3 is 24.8 Å². The van der Waals surface area contributed by atoms with Crippen molar-refractivity contribution in [3.63, 3.8) is 0 Å². The molecule has 0 saturated heterocycles. The molecule has 6 heteroatoms. The van der Waals surface area contributed by atoms with Gasteiger partial charge in [0.15, 0.2) is 5.96 Å². The van der Waals surface area contributed by atoms with Gasteiger partial charge >= 0.3 is 0 Å². The van der Waals surface area contributed by atoms with Gasteiger partial charge in [-0.05, 0) is 24.1 Å². The van der Waals surface area contributed by atoms with Gasteiger partial charge in [-0.1, -0.05) is 12.1 Å². The molecule has 0 aliphatic heterocycles. The summed E-state index contributed by atoms with van der Waals surface area (Å²) in [6.07, 6.45) is 1.83. The molecule has 0 aliphatic carbocycles. The number of benzene rings is 1. The lowest BCUT2D eigenvalue weighted by Gasteiger charge is -2.12. The molecule has 0 aliphatic rings. The number of aliphatic imine (C=N–C) groups is 1. The van der Waals surface area contributed by atoms with Crippen LogP contribution in [0.5, 0.6) is 5.75 Å². The number of hydrogen-bond acceptors (Lipinski definition) is 4. The van der Waals surface area contributed by atoms with Crippen molar-refractivity contribution in [2.75, 3.05) is 47.6 Å². The Morgan fingerprint density at radius 2 is 1.83 bits per heavy atom. The van der Waals surface area contributed by atoms with Crippen LogP contribution in [-0.4, -0.2) is 53.6 Å². The van der Waals surface area contributed by atoms with E-state index in [-0.39, 0.29) is 0 Å². The van der Waals surface area contributed by atoms with Crippen molar-refractivity contribution in [3.05, 3.63) is 29.8 Å². The maximum Gasteiger partial charge on any atom is 0.191 e. The fourth-order valence-electron chi connectivity index (χ4n) is 1.97. The zero-order chi connectivity index (χ0) is 16.8.